The molecule has 1 heterocycles. The summed E-state index contributed by atoms with van der Waals surface area (Å²) in [4.78, 5) is 0. The molecule has 3 aromatic rings. The van der Waals surface area contributed by atoms with Crippen molar-refractivity contribution in [2.45, 2.75) is 20.4 Å². The van der Waals surface area contributed by atoms with Gasteiger partial charge < -0.3 is 15.4 Å². The van der Waals surface area contributed by atoms with Gasteiger partial charge in [-0.1, -0.05) is 41.4 Å². The number of rotatable bonds is 5. The summed E-state index contributed by atoms with van der Waals surface area (Å²) in [5, 5.41) is 12.7. The summed E-state index contributed by atoms with van der Waals surface area (Å²) in [6, 6.07) is 13.0. The van der Waals surface area contributed by atoms with Gasteiger partial charge in [0.15, 0.2) is 5.11 Å². The highest BCUT2D eigenvalue weighted by Gasteiger charge is 2.15. The zero-order chi connectivity index (χ0) is 20.3. The Morgan fingerprint density at radius 1 is 1.14 bits per heavy atom. The third-order valence-corrected chi connectivity index (χ3v) is 5.10. The molecule has 0 spiro atoms. The number of thiocarbonyl (C=S) groups is 1. The van der Waals surface area contributed by atoms with E-state index in [0.29, 0.717) is 27.5 Å². The summed E-state index contributed by atoms with van der Waals surface area (Å²) >= 11 is 17.7. The monoisotopic (exact) mass is 434 g/mol. The Morgan fingerprint density at radius 3 is 2.61 bits per heavy atom. The van der Waals surface area contributed by atoms with E-state index >= 15 is 0 Å². The molecule has 0 amide bonds. The van der Waals surface area contributed by atoms with Crippen LogP contribution >= 0.6 is 35.4 Å². The Balaban J connectivity index is 1.77. The smallest absolute Gasteiger partial charge is 0.175 e. The van der Waals surface area contributed by atoms with Crippen LogP contribution in [0.25, 0.3) is 0 Å². The highest BCUT2D eigenvalue weighted by atomic mass is 35.5. The third kappa shape index (κ3) is 4.58. The number of nitrogens with zero attached hydrogens (tertiary/aromatic N) is 2. The van der Waals surface area contributed by atoms with E-state index in [1.807, 2.05) is 54.9 Å². The number of halogens is 2. The number of aryl methyl sites for hydroxylation is 1. The first-order chi connectivity index (χ1) is 13.4. The van der Waals surface area contributed by atoms with Crippen molar-refractivity contribution in [2.24, 2.45) is 0 Å². The number of ether oxygens (including phenoxy) is 1. The molecule has 2 N–H and O–H groups in total. The first-order valence-electron chi connectivity index (χ1n) is 8.58. The highest BCUT2D eigenvalue weighted by molar-refractivity contribution is 7.80. The molecule has 0 atom stereocenters. The van der Waals surface area contributed by atoms with Gasteiger partial charge in [0.2, 0.25) is 0 Å². The maximum absolute atomic E-state index is 6.30. The predicted octanol–water partition coefficient (Wildman–Crippen LogP) is 5.67. The Bertz CT molecular complexity index is 1020. The van der Waals surface area contributed by atoms with Gasteiger partial charge in [0.1, 0.15) is 5.75 Å². The number of para-hydroxylation sites is 2. The fraction of sp³-hybridized carbons (Fsp3) is 0.200. The van der Waals surface area contributed by atoms with Crippen molar-refractivity contribution in [1.82, 2.24) is 9.78 Å². The molecule has 0 unspecified atom stereocenters. The van der Waals surface area contributed by atoms with Crippen LogP contribution in [0, 0.1) is 13.8 Å². The molecule has 28 heavy (non-hydrogen) atoms. The summed E-state index contributed by atoms with van der Waals surface area (Å²) in [6.07, 6.45) is 0. The summed E-state index contributed by atoms with van der Waals surface area (Å²) in [5.74, 6) is 0.716. The molecule has 0 saturated carbocycles. The average Bonchev–Trinajstić information content (AvgIpc) is 2.92. The molecular formula is C20H20Cl2N4OS. The number of aromatic nitrogens is 2. The van der Waals surface area contributed by atoms with E-state index in [-0.39, 0.29) is 0 Å². The zero-order valence-electron chi connectivity index (χ0n) is 15.7. The molecule has 0 radical (unpaired) electrons. The number of anilines is 2. The molecule has 1 aromatic heterocycles. The van der Waals surface area contributed by atoms with Gasteiger partial charge in [-0.2, -0.15) is 5.10 Å². The second kappa shape index (κ2) is 8.82. The minimum absolute atomic E-state index is 0.458. The van der Waals surface area contributed by atoms with Gasteiger partial charge >= 0.3 is 0 Å². The van der Waals surface area contributed by atoms with Crippen LogP contribution in [-0.2, 0) is 6.54 Å². The quantitative estimate of drug-likeness (QED) is 0.506. The summed E-state index contributed by atoms with van der Waals surface area (Å²) in [5.41, 5.74) is 4.38. The van der Waals surface area contributed by atoms with Gasteiger partial charge in [-0.05, 0) is 55.9 Å². The van der Waals surface area contributed by atoms with Gasteiger partial charge in [0.05, 0.1) is 36.4 Å². The molecule has 0 bridgehead atoms. The van der Waals surface area contributed by atoms with E-state index in [0.717, 1.165) is 28.3 Å². The van der Waals surface area contributed by atoms with E-state index < -0.39 is 0 Å². The largest absolute Gasteiger partial charge is 0.495 e. The Hall–Kier alpha value is -2.28. The molecule has 0 saturated heterocycles. The molecule has 3 rings (SSSR count). The SMILES string of the molecule is COc1ccccc1NC(=S)Nc1c(C)nn(Cc2ccc(Cl)cc2Cl)c1C. The van der Waals surface area contributed by atoms with E-state index in [2.05, 4.69) is 15.7 Å². The van der Waals surface area contributed by atoms with Crippen molar-refractivity contribution < 1.29 is 4.74 Å². The second-order valence-corrected chi connectivity index (χ2v) is 7.47. The number of hydrogen-bond acceptors (Lipinski definition) is 3. The second-order valence-electron chi connectivity index (χ2n) is 6.22. The van der Waals surface area contributed by atoms with Crippen molar-refractivity contribution >= 4 is 51.9 Å². The molecule has 0 aliphatic carbocycles. The normalized spacial score (nSPS) is 10.6. The van der Waals surface area contributed by atoms with Crippen molar-refractivity contribution in [3.8, 4) is 5.75 Å². The molecule has 0 aliphatic heterocycles. The molecule has 2 aromatic carbocycles. The van der Waals surface area contributed by atoms with Gasteiger partial charge in [0, 0.05) is 10.0 Å². The maximum Gasteiger partial charge on any atom is 0.175 e. The first kappa shape index (κ1) is 20.5. The average molecular weight is 435 g/mol. The van der Waals surface area contributed by atoms with Crippen LogP contribution in [0.5, 0.6) is 5.75 Å². The fourth-order valence-corrected chi connectivity index (χ4v) is 3.54. The summed E-state index contributed by atoms with van der Waals surface area (Å²) < 4.78 is 7.23. The minimum Gasteiger partial charge on any atom is -0.495 e. The number of nitrogens with one attached hydrogen (secondary N) is 2. The Kier molecular flexibility index (Phi) is 6.44. The zero-order valence-corrected chi connectivity index (χ0v) is 18.0. The van der Waals surface area contributed by atoms with Crippen LogP contribution < -0.4 is 15.4 Å². The Labute approximate surface area is 179 Å². The van der Waals surface area contributed by atoms with Gasteiger partial charge in [0.25, 0.3) is 0 Å². The molecular weight excluding hydrogens is 415 g/mol. The van der Waals surface area contributed by atoms with E-state index in [1.54, 1.807) is 13.2 Å². The number of methoxy groups -OCH3 is 1. The topological polar surface area (TPSA) is 51.1 Å². The first-order valence-corrected chi connectivity index (χ1v) is 9.74. The lowest BCUT2D eigenvalue weighted by Crippen LogP contribution is -2.20. The van der Waals surface area contributed by atoms with Crippen molar-refractivity contribution in [3.63, 3.8) is 0 Å². The third-order valence-electron chi connectivity index (χ3n) is 4.31. The van der Waals surface area contributed by atoms with Crippen LogP contribution in [0.1, 0.15) is 17.0 Å². The van der Waals surface area contributed by atoms with E-state index in [1.165, 1.54) is 0 Å². The van der Waals surface area contributed by atoms with Gasteiger partial charge in [-0.25, -0.2) is 0 Å². The van der Waals surface area contributed by atoms with Crippen LogP contribution in [0.2, 0.25) is 10.0 Å². The summed E-state index contributed by atoms with van der Waals surface area (Å²) in [6.45, 7) is 4.45. The van der Waals surface area contributed by atoms with E-state index in [4.69, 9.17) is 40.2 Å². The molecule has 8 heteroatoms. The highest BCUT2D eigenvalue weighted by Crippen LogP contribution is 2.26. The number of benzene rings is 2. The standard InChI is InChI=1S/C20H20Cl2N4OS/c1-12-19(24-20(28)23-17-6-4-5-7-18(17)27-3)13(2)26(25-12)11-14-8-9-15(21)10-16(14)22/h4-10H,11H2,1-3H3,(H2,23,24,28). The minimum atomic E-state index is 0.458. The predicted molar refractivity (Wildman–Crippen MR) is 120 cm³/mol. The van der Waals surface area contributed by atoms with Crippen LogP contribution in [-0.4, -0.2) is 22.0 Å². The maximum atomic E-state index is 6.30. The molecule has 146 valence electrons. The van der Waals surface area contributed by atoms with Crippen molar-refractivity contribution in [1.29, 1.82) is 0 Å². The molecule has 0 fully saturated rings. The van der Waals surface area contributed by atoms with Gasteiger partial charge in [-0.3, -0.25) is 4.68 Å². The van der Waals surface area contributed by atoms with Gasteiger partial charge in [-0.15, -0.1) is 0 Å². The molecule has 0 aliphatic rings. The van der Waals surface area contributed by atoms with Crippen LogP contribution in [0.4, 0.5) is 11.4 Å². The van der Waals surface area contributed by atoms with Crippen molar-refractivity contribution in [2.75, 3.05) is 17.7 Å². The lowest BCUT2D eigenvalue weighted by molar-refractivity contribution is 0.417. The van der Waals surface area contributed by atoms with E-state index in [9.17, 15) is 0 Å². The van der Waals surface area contributed by atoms with Crippen molar-refractivity contribution in [3.05, 3.63) is 69.5 Å². The van der Waals surface area contributed by atoms with Crippen LogP contribution in [0.15, 0.2) is 42.5 Å². The number of hydrogen-bond donors (Lipinski definition) is 2. The van der Waals surface area contributed by atoms with Crippen LogP contribution in [0.3, 0.4) is 0 Å². The fourth-order valence-electron chi connectivity index (χ4n) is 2.86. The lowest BCUT2D eigenvalue weighted by atomic mass is 10.2. The lowest BCUT2D eigenvalue weighted by Gasteiger charge is -2.13. The molecule has 5 nitrogen and oxygen atoms in total. The summed E-state index contributed by atoms with van der Waals surface area (Å²) in [7, 11) is 1.62. The Morgan fingerprint density at radius 2 is 1.89 bits per heavy atom.